The fraction of sp³-hybridized carbons (Fsp3) is 0.125. The third-order valence-electron chi connectivity index (χ3n) is 3.39. The molecule has 0 unspecified atom stereocenters. The molecule has 0 aliphatic carbocycles. The topological polar surface area (TPSA) is 73.1 Å². The van der Waals surface area contributed by atoms with Gasteiger partial charge in [0, 0.05) is 5.56 Å². The van der Waals surface area contributed by atoms with Crippen LogP contribution >= 0.6 is 0 Å². The standard InChI is InChI=1S/C16H10F4N2O3S/c17-12-3-1-2-10(8-12)9-26(23,24)13-6-4-11(5-7-13)14-21-15(25-22-14)16(18,19)20/h1-8H,9H2. The molecule has 0 amide bonds. The number of hydrogen-bond acceptors (Lipinski definition) is 5. The number of aromatic nitrogens is 2. The molecule has 1 heterocycles. The highest BCUT2D eigenvalue weighted by molar-refractivity contribution is 7.90. The predicted octanol–water partition coefficient (Wildman–Crippen LogP) is 3.87. The van der Waals surface area contributed by atoms with Gasteiger partial charge in [-0.25, -0.2) is 12.8 Å². The largest absolute Gasteiger partial charge is 0.471 e. The molecule has 5 nitrogen and oxygen atoms in total. The van der Waals surface area contributed by atoms with E-state index in [2.05, 4.69) is 14.7 Å². The molecule has 136 valence electrons. The Hall–Kier alpha value is -2.75. The van der Waals surface area contributed by atoms with E-state index in [1.807, 2.05) is 0 Å². The van der Waals surface area contributed by atoms with Crippen LogP contribution in [-0.4, -0.2) is 18.6 Å². The van der Waals surface area contributed by atoms with E-state index < -0.39 is 33.5 Å². The zero-order chi connectivity index (χ0) is 18.9. The van der Waals surface area contributed by atoms with Crippen molar-refractivity contribution in [3.63, 3.8) is 0 Å². The molecule has 0 spiro atoms. The van der Waals surface area contributed by atoms with Crippen molar-refractivity contribution in [2.75, 3.05) is 0 Å². The molecule has 0 fully saturated rings. The Bertz CT molecular complexity index is 1030. The molecule has 0 N–H and O–H groups in total. The van der Waals surface area contributed by atoms with Gasteiger partial charge in [0.15, 0.2) is 9.84 Å². The fourth-order valence-electron chi connectivity index (χ4n) is 2.20. The summed E-state index contributed by atoms with van der Waals surface area (Å²) in [4.78, 5) is 3.16. The zero-order valence-corrected chi connectivity index (χ0v) is 13.7. The normalized spacial score (nSPS) is 12.3. The summed E-state index contributed by atoms with van der Waals surface area (Å²) in [6.45, 7) is 0. The summed E-state index contributed by atoms with van der Waals surface area (Å²) in [5.41, 5.74) is 0.441. The smallest absolute Gasteiger partial charge is 0.329 e. The van der Waals surface area contributed by atoms with Gasteiger partial charge in [-0.05, 0) is 42.0 Å². The van der Waals surface area contributed by atoms with E-state index in [0.29, 0.717) is 0 Å². The van der Waals surface area contributed by atoms with Crippen LogP contribution in [0.2, 0.25) is 0 Å². The van der Waals surface area contributed by atoms with E-state index in [1.165, 1.54) is 42.5 Å². The molecule has 0 atom stereocenters. The Morgan fingerprint density at radius 2 is 1.73 bits per heavy atom. The molecule has 0 aliphatic heterocycles. The monoisotopic (exact) mass is 386 g/mol. The van der Waals surface area contributed by atoms with Crippen molar-refractivity contribution in [1.29, 1.82) is 0 Å². The third-order valence-corrected chi connectivity index (χ3v) is 5.09. The molecule has 0 radical (unpaired) electrons. The summed E-state index contributed by atoms with van der Waals surface area (Å²) >= 11 is 0. The van der Waals surface area contributed by atoms with Crippen molar-refractivity contribution >= 4 is 9.84 Å². The van der Waals surface area contributed by atoms with E-state index in [0.717, 1.165) is 6.07 Å². The number of halogens is 4. The molecule has 10 heteroatoms. The van der Waals surface area contributed by atoms with Crippen LogP contribution < -0.4 is 0 Å². The lowest BCUT2D eigenvalue weighted by Crippen LogP contribution is -2.05. The highest BCUT2D eigenvalue weighted by Crippen LogP contribution is 2.29. The lowest BCUT2D eigenvalue weighted by molar-refractivity contribution is -0.159. The predicted molar refractivity (Wildman–Crippen MR) is 82.0 cm³/mol. The van der Waals surface area contributed by atoms with Crippen LogP contribution in [-0.2, 0) is 21.8 Å². The average Bonchev–Trinajstić information content (AvgIpc) is 3.05. The second kappa shape index (κ2) is 6.52. The Kier molecular flexibility index (Phi) is 4.53. The van der Waals surface area contributed by atoms with Gasteiger partial charge in [-0.3, -0.25) is 0 Å². The van der Waals surface area contributed by atoms with Gasteiger partial charge >= 0.3 is 12.1 Å². The lowest BCUT2D eigenvalue weighted by Gasteiger charge is -2.05. The molecule has 3 rings (SSSR count). The number of benzene rings is 2. The summed E-state index contributed by atoms with van der Waals surface area (Å²) in [7, 11) is -3.76. The minimum absolute atomic E-state index is 0.0648. The van der Waals surface area contributed by atoms with E-state index in [1.54, 1.807) is 0 Å². The molecule has 2 aromatic carbocycles. The summed E-state index contributed by atoms with van der Waals surface area (Å²) in [6.07, 6.45) is -4.76. The Morgan fingerprint density at radius 1 is 1.04 bits per heavy atom. The van der Waals surface area contributed by atoms with E-state index in [4.69, 9.17) is 0 Å². The molecular formula is C16H10F4N2O3S. The summed E-state index contributed by atoms with van der Waals surface area (Å²) in [5.74, 6) is -2.77. The fourth-order valence-corrected chi connectivity index (χ4v) is 3.53. The quantitative estimate of drug-likeness (QED) is 0.637. The van der Waals surface area contributed by atoms with Crippen molar-refractivity contribution in [1.82, 2.24) is 10.1 Å². The maximum atomic E-state index is 13.2. The molecular weight excluding hydrogens is 376 g/mol. The van der Waals surface area contributed by atoms with Crippen LogP contribution in [0, 0.1) is 5.82 Å². The summed E-state index contributed by atoms with van der Waals surface area (Å²) < 4.78 is 79.5. The van der Waals surface area contributed by atoms with Gasteiger partial charge < -0.3 is 4.52 Å². The molecule has 0 saturated heterocycles. The number of rotatable bonds is 4. The second-order valence-corrected chi connectivity index (χ2v) is 7.32. The minimum Gasteiger partial charge on any atom is -0.329 e. The van der Waals surface area contributed by atoms with Crippen LogP contribution in [0.1, 0.15) is 11.5 Å². The van der Waals surface area contributed by atoms with Crippen LogP contribution in [0.4, 0.5) is 17.6 Å². The van der Waals surface area contributed by atoms with Crippen LogP contribution in [0.3, 0.4) is 0 Å². The van der Waals surface area contributed by atoms with Gasteiger partial charge in [0.25, 0.3) is 0 Å². The maximum absolute atomic E-state index is 13.2. The summed E-state index contributed by atoms with van der Waals surface area (Å²) in [5, 5.41) is 3.22. The number of alkyl halides is 3. The lowest BCUT2D eigenvalue weighted by atomic mass is 10.2. The zero-order valence-electron chi connectivity index (χ0n) is 12.9. The van der Waals surface area contributed by atoms with Crippen LogP contribution in [0.25, 0.3) is 11.4 Å². The molecule has 0 bridgehead atoms. The Balaban J connectivity index is 1.83. The van der Waals surface area contributed by atoms with E-state index in [-0.39, 0.29) is 21.8 Å². The van der Waals surface area contributed by atoms with E-state index >= 15 is 0 Å². The van der Waals surface area contributed by atoms with Crippen LogP contribution in [0.5, 0.6) is 0 Å². The van der Waals surface area contributed by atoms with Crippen molar-refractivity contribution in [2.45, 2.75) is 16.8 Å². The number of sulfone groups is 1. The SMILES string of the molecule is O=S(=O)(Cc1cccc(F)c1)c1ccc(-c2noc(C(F)(F)F)n2)cc1. The number of hydrogen-bond donors (Lipinski definition) is 0. The average molecular weight is 386 g/mol. The highest BCUT2D eigenvalue weighted by atomic mass is 32.2. The first-order chi connectivity index (χ1) is 12.1. The molecule has 0 saturated carbocycles. The minimum atomic E-state index is -4.76. The third kappa shape index (κ3) is 3.90. The first kappa shape index (κ1) is 18.1. The Labute approximate surface area is 145 Å². The van der Waals surface area contributed by atoms with Gasteiger partial charge in [0.05, 0.1) is 10.6 Å². The molecule has 1 aromatic heterocycles. The molecule has 26 heavy (non-hydrogen) atoms. The van der Waals surface area contributed by atoms with Gasteiger partial charge in [-0.1, -0.05) is 17.3 Å². The van der Waals surface area contributed by atoms with E-state index in [9.17, 15) is 26.0 Å². The van der Waals surface area contributed by atoms with Gasteiger partial charge in [-0.15, -0.1) is 0 Å². The van der Waals surface area contributed by atoms with Crippen molar-refractivity contribution in [2.24, 2.45) is 0 Å². The number of nitrogens with zero attached hydrogens (tertiary/aromatic N) is 2. The second-order valence-electron chi connectivity index (χ2n) is 5.33. The Morgan fingerprint density at radius 3 is 2.31 bits per heavy atom. The van der Waals surface area contributed by atoms with Gasteiger partial charge in [0.2, 0.25) is 5.82 Å². The van der Waals surface area contributed by atoms with Gasteiger partial charge in [0.1, 0.15) is 5.82 Å². The van der Waals surface area contributed by atoms with Gasteiger partial charge in [-0.2, -0.15) is 18.2 Å². The van der Waals surface area contributed by atoms with Crippen molar-refractivity contribution in [3.8, 4) is 11.4 Å². The summed E-state index contributed by atoms with van der Waals surface area (Å²) in [6, 6.07) is 10.2. The molecule has 3 aromatic rings. The van der Waals surface area contributed by atoms with Crippen molar-refractivity contribution < 1.29 is 30.5 Å². The maximum Gasteiger partial charge on any atom is 0.471 e. The molecule has 0 aliphatic rings. The highest BCUT2D eigenvalue weighted by Gasteiger charge is 2.38. The first-order valence-corrected chi connectivity index (χ1v) is 8.79. The van der Waals surface area contributed by atoms with Crippen molar-refractivity contribution in [3.05, 3.63) is 65.8 Å². The van der Waals surface area contributed by atoms with Crippen LogP contribution in [0.15, 0.2) is 57.9 Å². The first-order valence-electron chi connectivity index (χ1n) is 7.14.